The number of carbonyl (C=O) groups is 1. The van der Waals surface area contributed by atoms with Crippen LogP contribution in [0.4, 0.5) is 10.1 Å². The summed E-state index contributed by atoms with van der Waals surface area (Å²) in [5.41, 5.74) is 0.592. The van der Waals surface area contributed by atoms with Crippen molar-refractivity contribution in [1.29, 1.82) is 0 Å². The molecule has 33 heavy (non-hydrogen) atoms. The van der Waals surface area contributed by atoms with E-state index in [1.165, 1.54) is 12.1 Å². The number of aliphatic hydroxyl groups is 1. The highest BCUT2D eigenvalue weighted by Crippen LogP contribution is 2.55. The zero-order valence-corrected chi connectivity index (χ0v) is 18.4. The lowest BCUT2D eigenvalue weighted by atomic mass is 10.0. The summed E-state index contributed by atoms with van der Waals surface area (Å²) in [5, 5.41) is 19.2. The molecule has 2 fully saturated rings. The lowest BCUT2D eigenvalue weighted by molar-refractivity contribution is 0.00991. The number of β-amino-alcohol motifs (C(OH)–C–C–N with tert-alkyl or cyclic N) is 1. The molecule has 8 nitrogen and oxygen atoms in total. The number of ether oxygens (including phenoxy) is 1. The number of hydrogen-bond donors (Lipinski definition) is 3. The number of aliphatic hydroxyl groups excluding tert-OH is 1. The Morgan fingerprint density at radius 2 is 2.06 bits per heavy atom. The molecule has 0 spiro atoms. The smallest absolute Gasteiger partial charge is 0.341 e. The van der Waals surface area contributed by atoms with Gasteiger partial charge in [0.25, 0.3) is 10.0 Å². The number of rotatable bonds is 7. The molecule has 2 aliphatic heterocycles. The number of carboxylic acid groups (broad SMARTS) is 1. The number of aromatic carboxylic acids is 1. The Labute approximate surface area is 190 Å². The summed E-state index contributed by atoms with van der Waals surface area (Å²) in [6.45, 7) is 1.95. The third-order valence-corrected chi connectivity index (χ3v) is 7.71. The molecule has 0 radical (unpaired) electrons. The van der Waals surface area contributed by atoms with E-state index in [1.807, 2.05) is 4.90 Å². The van der Waals surface area contributed by atoms with E-state index in [0.717, 1.165) is 30.2 Å². The molecule has 1 unspecified atom stereocenters. The molecule has 0 amide bonds. The van der Waals surface area contributed by atoms with Gasteiger partial charge in [0.15, 0.2) is 0 Å². The number of carboxylic acids is 1. The minimum Gasteiger partial charge on any atom is -0.492 e. The van der Waals surface area contributed by atoms with Crippen molar-refractivity contribution in [2.45, 2.75) is 23.3 Å². The van der Waals surface area contributed by atoms with Gasteiger partial charge in [-0.2, -0.15) is 0 Å². The van der Waals surface area contributed by atoms with Crippen LogP contribution >= 0.6 is 0 Å². The Morgan fingerprint density at radius 3 is 2.79 bits per heavy atom. The van der Waals surface area contributed by atoms with Crippen molar-refractivity contribution in [2.75, 3.05) is 31.0 Å². The average Bonchev–Trinajstić information content (AvgIpc) is 3.51. The molecule has 174 valence electrons. The van der Waals surface area contributed by atoms with Crippen molar-refractivity contribution in [3.8, 4) is 5.75 Å². The van der Waals surface area contributed by atoms with Crippen LogP contribution in [0.1, 0.15) is 33.8 Å². The Kier molecular flexibility index (Phi) is 5.38. The molecule has 3 N–H and O–H groups in total. The van der Waals surface area contributed by atoms with Crippen molar-refractivity contribution >= 4 is 27.8 Å². The highest BCUT2D eigenvalue weighted by Gasteiger charge is 2.45. The number of sulfonamides is 1. The van der Waals surface area contributed by atoms with Gasteiger partial charge < -0.3 is 14.9 Å². The molecule has 5 rings (SSSR count). The number of halogens is 1. The van der Waals surface area contributed by atoms with Gasteiger partial charge in [0, 0.05) is 25.6 Å². The zero-order chi connectivity index (χ0) is 23.3. The van der Waals surface area contributed by atoms with E-state index in [0.29, 0.717) is 32.2 Å². The van der Waals surface area contributed by atoms with E-state index >= 15 is 0 Å². The van der Waals surface area contributed by atoms with E-state index in [1.54, 1.807) is 12.1 Å². The fourth-order valence-corrected chi connectivity index (χ4v) is 5.72. The van der Waals surface area contributed by atoms with E-state index in [-0.39, 0.29) is 39.5 Å². The summed E-state index contributed by atoms with van der Waals surface area (Å²) >= 11 is 0. The lowest BCUT2D eigenvalue weighted by Crippen LogP contribution is -2.50. The van der Waals surface area contributed by atoms with E-state index in [9.17, 15) is 27.8 Å². The number of fused-ring (bicyclic) bond motifs is 3. The van der Waals surface area contributed by atoms with Crippen LogP contribution in [0.2, 0.25) is 0 Å². The number of nitrogens with one attached hydrogen (secondary N) is 1. The van der Waals surface area contributed by atoms with Gasteiger partial charge in [-0.05, 0) is 47.7 Å². The fraction of sp³-hybridized carbons (Fsp3) is 0.348. The normalized spacial score (nSPS) is 22.2. The highest BCUT2D eigenvalue weighted by molar-refractivity contribution is 7.92. The first-order valence-corrected chi connectivity index (χ1v) is 12.1. The summed E-state index contributed by atoms with van der Waals surface area (Å²) in [6, 6.07) is 6.44. The van der Waals surface area contributed by atoms with Gasteiger partial charge in [-0.25, -0.2) is 17.6 Å². The topological polar surface area (TPSA) is 116 Å². The number of benzene rings is 2. The maximum absolute atomic E-state index is 13.9. The largest absolute Gasteiger partial charge is 0.492 e. The second-order valence-corrected chi connectivity index (χ2v) is 10.3. The van der Waals surface area contributed by atoms with E-state index in [4.69, 9.17) is 4.74 Å². The van der Waals surface area contributed by atoms with Crippen molar-refractivity contribution < 1.29 is 32.6 Å². The van der Waals surface area contributed by atoms with Crippen molar-refractivity contribution in [3.63, 3.8) is 0 Å². The van der Waals surface area contributed by atoms with Gasteiger partial charge in [0.2, 0.25) is 0 Å². The predicted molar refractivity (Wildman–Crippen MR) is 118 cm³/mol. The zero-order valence-electron chi connectivity index (χ0n) is 17.6. The summed E-state index contributed by atoms with van der Waals surface area (Å²) in [5.74, 6) is -1.05. The van der Waals surface area contributed by atoms with Gasteiger partial charge in [-0.15, -0.1) is 0 Å². The van der Waals surface area contributed by atoms with Crippen LogP contribution in [0.5, 0.6) is 5.75 Å². The second kappa shape index (κ2) is 8.12. The first-order chi connectivity index (χ1) is 15.7. The minimum absolute atomic E-state index is 0.103. The second-order valence-electron chi connectivity index (χ2n) is 8.69. The molecule has 0 bridgehead atoms. The van der Waals surface area contributed by atoms with Crippen LogP contribution < -0.4 is 9.46 Å². The summed E-state index contributed by atoms with van der Waals surface area (Å²) in [4.78, 5) is 13.8. The Hall–Kier alpha value is -2.95. The quantitative estimate of drug-likeness (QED) is 0.565. The van der Waals surface area contributed by atoms with Gasteiger partial charge in [-0.1, -0.05) is 18.2 Å². The van der Waals surface area contributed by atoms with Crippen molar-refractivity contribution in [2.24, 2.45) is 5.92 Å². The summed E-state index contributed by atoms with van der Waals surface area (Å²) in [7, 11) is -4.24. The first kappa shape index (κ1) is 21.9. The molecule has 1 aliphatic carbocycles. The van der Waals surface area contributed by atoms with E-state index < -0.39 is 21.8 Å². The summed E-state index contributed by atoms with van der Waals surface area (Å²) < 4.78 is 48.3. The van der Waals surface area contributed by atoms with Gasteiger partial charge in [0.1, 0.15) is 17.1 Å². The van der Waals surface area contributed by atoms with Crippen LogP contribution in [-0.4, -0.2) is 61.8 Å². The number of nitrogens with zero attached hydrogens (tertiary/aromatic N) is 1. The Balaban J connectivity index is 1.45. The molecule has 10 heteroatoms. The Morgan fingerprint density at radius 1 is 1.27 bits per heavy atom. The fourth-order valence-electron chi connectivity index (χ4n) is 4.46. The summed E-state index contributed by atoms with van der Waals surface area (Å²) in [6.07, 6.45) is 3.77. The molecule has 1 saturated carbocycles. The lowest BCUT2D eigenvalue weighted by Gasteiger charge is -2.34. The molecule has 3 aliphatic rings. The van der Waals surface area contributed by atoms with Crippen LogP contribution in [0.3, 0.4) is 0 Å². The van der Waals surface area contributed by atoms with Crippen molar-refractivity contribution in [3.05, 3.63) is 58.9 Å². The molecular weight excluding hydrogens is 451 g/mol. The molecular formula is C23H23FN2O6S. The number of anilines is 1. The maximum Gasteiger partial charge on any atom is 0.341 e. The predicted octanol–water partition coefficient (Wildman–Crippen LogP) is 2.51. The van der Waals surface area contributed by atoms with Crippen LogP contribution in [0.15, 0.2) is 41.3 Å². The van der Waals surface area contributed by atoms with Crippen molar-refractivity contribution in [1.82, 2.24) is 4.90 Å². The van der Waals surface area contributed by atoms with Gasteiger partial charge in [-0.3, -0.25) is 9.62 Å². The minimum atomic E-state index is -4.24. The molecule has 2 heterocycles. The third kappa shape index (κ3) is 4.21. The number of likely N-dealkylation sites (tertiary alicyclic amines) is 1. The SMILES string of the molecule is O=C(O)c1c(NS(=O)(=O)c2ccc(F)cc2/C=C\CN2CC(O)C2)ccc2c1OCC1C[C@H]21. The van der Waals surface area contributed by atoms with Crippen LogP contribution in [-0.2, 0) is 10.0 Å². The standard InChI is InChI=1S/C23H23FN2O6S/c24-15-3-6-20(13(8-15)2-1-7-26-10-16(27)11-26)33(30,31)25-19-5-4-17-18-9-14(18)12-32-22(17)21(19)23(28)29/h1-6,8,14,16,18,25,27H,7,9-12H2,(H,28,29)/b2-1-/t14?,18-/m0/s1. The highest BCUT2D eigenvalue weighted by atomic mass is 32.2. The Bertz CT molecular complexity index is 1260. The van der Waals surface area contributed by atoms with Crippen LogP contribution in [0, 0.1) is 11.7 Å². The molecule has 2 atom stereocenters. The average molecular weight is 475 g/mol. The maximum atomic E-state index is 13.9. The van der Waals surface area contributed by atoms with E-state index in [2.05, 4.69) is 4.72 Å². The molecule has 1 saturated heterocycles. The molecule has 0 aromatic heterocycles. The third-order valence-electron chi connectivity index (χ3n) is 6.27. The van der Waals surface area contributed by atoms with Gasteiger partial charge >= 0.3 is 5.97 Å². The molecule has 2 aromatic carbocycles. The number of hydrogen-bond acceptors (Lipinski definition) is 6. The van der Waals surface area contributed by atoms with Gasteiger partial charge in [0.05, 0.1) is 23.3 Å². The van der Waals surface area contributed by atoms with Crippen LogP contribution in [0.25, 0.3) is 6.08 Å². The monoisotopic (exact) mass is 474 g/mol. The first-order valence-electron chi connectivity index (χ1n) is 10.7. The molecule has 2 aromatic rings.